The van der Waals surface area contributed by atoms with E-state index in [0.717, 1.165) is 10.6 Å². The van der Waals surface area contributed by atoms with Gasteiger partial charge in [0.25, 0.3) is 5.91 Å². The van der Waals surface area contributed by atoms with E-state index in [1.54, 1.807) is 28.6 Å². The summed E-state index contributed by atoms with van der Waals surface area (Å²) in [5.74, 6) is 0.664. The molecule has 3 rings (SSSR count). The number of furan rings is 1. The molecule has 21 heavy (non-hydrogen) atoms. The van der Waals surface area contributed by atoms with E-state index >= 15 is 0 Å². The van der Waals surface area contributed by atoms with E-state index in [9.17, 15) is 4.79 Å². The zero-order valence-corrected chi connectivity index (χ0v) is 12.0. The SMILES string of the molecule is O=C(c1ccnnc1)N(Cc1ccco1)Cc1cccs1. The Morgan fingerprint density at radius 1 is 1.19 bits per heavy atom. The van der Waals surface area contributed by atoms with Gasteiger partial charge in [0.2, 0.25) is 0 Å². The van der Waals surface area contributed by atoms with Crippen LogP contribution in [0.5, 0.6) is 0 Å². The fraction of sp³-hybridized carbons (Fsp3) is 0.133. The summed E-state index contributed by atoms with van der Waals surface area (Å²) < 4.78 is 5.35. The summed E-state index contributed by atoms with van der Waals surface area (Å²) in [5.41, 5.74) is 0.521. The highest BCUT2D eigenvalue weighted by Crippen LogP contribution is 2.17. The molecule has 0 saturated heterocycles. The Bertz CT molecular complexity index is 645. The Hall–Kier alpha value is -2.47. The number of amides is 1. The van der Waals surface area contributed by atoms with Gasteiger partial charge in [-0.05, 0) is 29.6 Å². The summed E-state index contributed by atoms with van der Waals surface area (Å²) in [6.07, 6.45) is 4.60. The maximum absolute atomic E-state index is 12.6. The normalized spacial score (nSPS) is 10.5. The molecule has 0 fully saturated rings. The number of aromatic nitrogens is 2. The van der Waals surface area contributed by atoms with Crippen LogP contribution < -0.4 is 0 Å². The van der Waals surface area contributed by atoms with E-state index < -0.39 is 0 Å². The second-order valence-corrected chi connectivity index (χ2v) is 5.48. The van der Waals surface area contributed by atoms with Crippen LogP contribution in [0.15, 0.2) is 58.8 Å². The Labute approximate surface area is 125 Å². The molecule has 3 aromatic rings. The Morgan fingerprint density at radius 3 is 2.81 bits per heavy atom. The van der Waals surface area contributed by atoms with Gasteiger partial charge in [0.1, 0.15) is 5.76 Å². The van der Waals surface area contributed by atoms with Crippen LogP contribution in [-0.4, -0.2) is 21.0 Å². The van der Waals surface area contributed by atoms with Crippen molar-refractivity contribution in [3.8, 4) is 0 Å². The molecule has 0 saturated carbocycles. The largest absolute Gasteiger partial charge is 0.467 e. The van der Waals surface area contributed by atoms with Gasteiger partial charge in [-0.15, -0.1) is 11.3 Å². The van der Waals surface area contributed by atoms with Crippen molar-refractivity contribution in [2.75, 3.05) is 0 Å². The van der Waals surface area contributed by atoms with Crippen molar-refractivity contribution in [2.45, 2.75) is 13.1 Å². The third kappa shape index (κ3) is 3.35. The molecule has 0 bridgehead atoms. The van der Waals surface area contributed by atoms with Crippen molar-refractivity contribution in [3.05, 3.63) is 70.6 Å². The smallest absolute Gasteiger partial charge is 0.256 e. The maximum atomic E-state index is 12.6. The van der Waals surface area contributed by atoms with E-state index in [1.165, 1.54) is 12.4 Å². The number of carbonyl (C=O) groups is 1. The van der Waals surface area contributed by atoms with Crippen molar-refractivity contribution in [1.82, 2.24) is 15.1 Å². The zero-order valence-electron chi connectivity index (χ0n) is 11.2. The van der Waals surface area contributed by atoms with E-state index in [2.05, 4.69) is 10.2 Å². The van der Waals surface area contributed by atoms with Crippen molar-refractivity contribution in [1.29, 1.82) is 0 Å². The van der Waals surface area contributed by atoms with Crippen LogP contribution in [0.25, 0.3) is 0 Å². The third-order valence-electron chi connectivity index (χ3n) is 2.97. The minimum atomic E-state index is -0.0882. The monoisotopic (exact) mass is 299 g/mol. The van der Waals surface area contributed by atoms with Gasteiger partial charge >= 0.3 is 0 Å². The van der Waals surface area contributed by atoms with Gasteiger partial charge in [-0.3, -0.25) is 4.79 Å². The molecule has 5 nitrogen and oxygen atoms in total. The highest BCUT2D eigenvalue weighted by molar-refractivity contribution is 7.09. The van der Waals surface area contributed by atoms with Crippen molar-refractivity contribution >= 4 is 17.2 Å². The van der Waals surface area contributed by atoms with Crippen molar-refractivity contribution in [3.63, 3.8) is 0 Å². The maximum Gasteiger partial charge on any atom is 0.256 e. The first-order valence-corrected chi connectivity index (χ1v) is 7.31. The van der Waals surface area contributed by atoms with Gasteiger partial charge in [-0.1, -0.05) is 6.07 Å². The minimum Gasteiger partial charge on any atom is -0.467 e. The summed E-state index contributed by atoms with van der Waals surface area (Å²) in [6.45, 7) is 0.964. The average molecular weight is 299 g/mol. The molecule has 0 aliphatic heterocycles. The summed E-state index contributed by atoms with van der Waals surface area (Å²) in [5, 5.41) is 9.46. The van der Waals surface area contributed by atoms with Crippen LogP contribution in [0.3, 0.4) is 0 Å². The van der Waals surface area contributed by atoms with Gasteiger partial charge in [0.05, 0.1) is 37.3 Å². The predicted octanol–water partition coefficient (Wildman–Crippen LogP) is 2.97. The number of nitrogens with zero attached hydrogens (tertiary/aromatic N) is 3. The van der Waals surface area contributed by atoms with E-state index in [1.807, 2.05) is 29.6 Å². The molecule has 0 N–H and O–H groups in total. The van der Waals surface area contributed by atoms with Crippen molar-refractivity contribution in [2.24, 2.45) is 0 Å². The predicted molar refractivity (Wildman–Crippen MR) is 78.6 cm³/mol. The molecular weight excluding hydrogens is 286 g/mol. The lowest BCUT2D eigenvalue weighted by molar-refractivity contribution is 0.0719. The van der Waals surface area contributed by atoms with Crippen LogP contribution in [0.2, 0.25) is 0 Å². The molecule has 1 amide bonds. The molecule has 6 heteroatoms. The van der Waals surface area contributed by atoms with E-state index in [-0.39, 0.29) is 5.91 Å². The lowest BCUT2D eigenvalue weighted by Gasteiger charge is -2.20. The molecule has 0 aliphatic carbocycles. The van der Waals surface area contributed by atoms with Crippen LogP contribution >= 0.6 is 11.3 Å². The first kappa shape index (κ1) is 13.5. The topological polar surface area (TPSA) is 59.2 Å². The summed E-state index contributed by atoms with van der Waals surface area (Å²) in [7, 11) is 0. The molecule has 0 unspecified atom stereocenters. The Kier molecular flexibility index (Phi) is 4.07. The van der Waals surface area contributed by atoms with E-state index in [4.69, 9.17) is 4.42 Å². The number of thiophene rings is 1. The van der Waals surface area contributed by atoms with Gasteiger partial charge < -0.3 is 9.32 Å². The van der Waals surface area contributed by atoms with Gasteiger partial charge in [0.15, 0.2) is 0 Å². The molecule has 106 valence electrons. The van der Waals surface area contributed by atoms with Crippen LogP contribution in [0.1, 0.15) is 21.0 Å². The second-order valence-electron chi connectivity index (χ2n) is 4.45. The third-order valence-corrected chi connectivity index (χ3v) is 3.83. The van der Waals surface area contributed by atoms with Gasteiger partial charge in [-0.2, -0.15) is 10.2 Å². The number of hydrogen-bond acceptors (Lipinski definition) is 5. The summed E-state index contributed by atoms with van der Waals surface area (Å²) in [6, 6.07) is 9.33. The molecule has 3 heterocycles. The second kappa shape index (κ2) is 6.32. The summed E-state index contributed by atoms with van der Waals surface area (Å²) >= 11 is 1.62. The summed E-state index contributed by atoms with van der Waals surface area (Å²) in [4.78, 5) is 15.5. The van der Waals surface area contributed by atoms with E-state index in [0.29, 0.717) is 18.7 Å². The van der Waals surface area contributed by atoms with Crippen LogP contribution in [0.4, 0.5) is 0 Å². The number of rotatable bonds is 5. The molecular formula is C15H13N3O2S. The standard InChI is InChI=1S/C15H13N3O2S/c19-15(12-5-6-16-17-9-12)18(10-13-3-1-7-20-13)11-14-4-2-8-21-14/h1-9H,10-11H2. The fourth-order valence-electron chi connectivity index (χ4n) is 1.98. The first-order valence-electron chi connectivity index (χ1n) is 6.43. The highest BCUT2D eigenvalue weighted by Gasteiger charge is 2.18. The zero-order chi connectivity index (χ0) is 14.5. The van der Waals surface area contributed by atoms with Crippen molar-refractivity contribution < 1.29 is 9.21 Å². The quantitative estimate of drug-likeness (QED) is 0.726. The van der Waals surface area contributed by atoms with Gasteiger partial charge in [-0.25, -0.2) is 0 Å². The van der Waals surface area contributed by atoms with Crippen LogP contribution in [-0.2, 0) is 13.1 Å². The average Bonchev–Trinajstić information content (AvgIpc) is 3.20. The molecule has 0 aromatic carbocycles. The Balaban J connectivity index is 1.82. The lowest BCUT2D eigenvalue weighted by atomic mass is 10.2. The van der Waals surface area contributed by atoms with Crippen LogP contribution in [0, 0.1) is 0 Å². The number of carbonyl (C=O) groups excluding carboxylic acids is 1. The molecule has 0 radical (unpaired) electrons. The lowest BCUT2D eigenvalue weighted by Crippen LogP contribution is -2.29. The first-order chi connectivity index (χ1) is 10.3. The molecule has 0 atom stereocenters. The number of hydrogen-bond donors (Lipinski definition) is 0. The fourth-order valence-corrected chi connectivity index (χ4v) is 2.70. The van der Waals surface area contributed by atoms with Gasteiger partial charge in [0, 0.05) is 4.88 Å². The minimum absolute atomic E-state index is 0.0882. The highest BCUT2D eigenvalue weighted by atomic mass is 32.1. The molecule has 3 aromatic heterocycles. The molecule has 0 spiro atoms. The molecule has 0 aliphatic rings. The Morgan fingerprint density at radius 2 is 2.14 bits per heavy atom.